The molecule has 0 saturated carbocycles. The number of benzene rings is 2. The topological polar surface area (TPSA) is 29.1 Å². The van der Waals surface area contributed by atoms with Crippen molar-refractivity contribution in [3.8, 4) is 0 Å². The second-order valence-electron chi connectivity index (χ2n) is 2.73. The van der Waals surface area contributed by atoms with E-state index in [1.54, 1.807) is 0 Å². The molecule has 0 aliphatic carbocycles. The summed E-state index contributed by atoms with van der Waals surface area (Å²) < 4.78 is 10.4. The van der Waals surface area contributed by atoms with Gasteiger partial charge in [0.1, 0.15) is 0 Å². The van der Waals surface area contributed by atoms with Gasteiger partial charge in [0.05, 0.1) is 5.69 Å². The minimum Gasteiger partial charge on any atom is -0.304 e. The zero-order chi connectivity index (χ0) is 9.10. The highest BCUT2D eigenvalue weighted by atomic mass is 31.1. The Kier molecular flexibility index (Phi) is 2.24. The molecule has 2 aromatic rings. The standard InChI is InChI=1S/C10H8NOP/c12-13-11-10-7-3-5-8-4-1-2-6-9(8)10/h1-7H,(H,11,12). The van der Waals surface area contributed by atoms with Crippen LogP contribution < -0.4 is 5.09 Å². The van der Waals surface area contributed by atoms with Crippen LogP contribution in [-0.4, -0.2) is 0 Å². The number of anilines is 1. The van der Waals surface area contributed by atoms with Crippen molar-refractivity contribution in [2.45, 2.75) is 0 Å². The Morgan fingerprint density at radius 1 is 1.00 bits per heavy atom. The molecule has 3 heteroatoms. The molecule has 0 radical (unpaired) electrons. The van der Waals surface area contributed by atoms with Gasteiger partial charge in [0.25, 0.3) is 8.61 Å². The molecule has 0 spiro atoms. The SMILES string of the molecule is O=PNc1cccc2ccccc12. The number of hydrogen-bond acceptors (Lipinski definition) is 1. The summed E-state index contributed by atoms with van der Waals surface area (Å²) in [5, 5.41) is 5.01. The van der Waals surface area contributed by atoms with E-state index in [0.29, 0.717) is 0 Å². The molecule has 0 bridgehead atoms. The maximum Gasteiger partial charge on any atom is 0.279 e. The Balaban J connectivity index is 2.68. The zero-order valence-corrected chi connectivity index (χ0v) is 7.79. The van der Waals surface area contributed by atoms with E-state index in [9.17, 15) is 4.57 Å². The first-order valence-corrected chi connectivity index (χ1v) is 4.79. The van der Waals surface area contributed by atoms with Gasteiger partial charge in [0, 0.05) is 5.39 Å². The van der Waals surface area contributed by atoms with Gasteiger partial charge in [-0.1, -0.05) is 36.4 Å². The highest BCUT2D eigenvalue weighted by molar-refractivity contribution is 7.25. The van der Waals surface area contributed by atoms with E-state index in [0.717, 1.165) is 16.5 Å². The lowest BCUT2D eigenvalue weighted by Crippen LogP contribution is -1.81. The second kappa shape index (κ2) is 3.55. The van der Waals surface area contributed by atoms with Gasteiger partial charge >= 0.3 is 0 Å². The van der Waals surface area contributed by atoms with Gasteiger partial charge in [-0.3, -0.25) is 0 Å². The quantitative estimate of drug-likeness (QED) is 0.733. The molecule has 0 amide bonds. The fraction of sp³-hybridized carbons (Fsp3) is 0. The maximum absolute atomic E-state index is 10.4. The highest BCUT2D eigenvalue weighted by Gasteiger charge is 1.97. The van der Waals surface area contributed by atoms with E-state index in [4.69, 9.17) is 0 Å². The van der Waals surface area contributed by atoms with E-state index in [1.165, 1.54) is 0 Å². The minimum atomic E-state index is -0.0660. The van der Waals surface area contributed by atoms with Crippen molar-refractivity contribution in [3.05, 3.63) is 42.5 Å². The van der Waals surface area contributed by atoms with Gasteiger partial charge in [-0.05, 0) is 11.5 Å². The average Bonchev–Trinajstić information content (AvgIpc) is 2.19. The second-order valence-corrected chi connectivity index (χ2v) is 3.14. The van der Waals surface area contributed by atoms with Gasteiger partial charge < -0.3 is 5.09 Å². The molecule has 0 fully saturated rings. The molecule has 2 nitrogen and oxygen atoms in total. The van der Waals surface area contributed by atoms with Crippen LogP contribution >= 0.6 is 8.61 Å². The Hall–Kier alpha value is -1.40. The van der Waals surface area contributed by atoms with Gasteiger partial charge in [0.15, 0.2) is 0 Å². The van der Waals surface area contributed by atoms with Crippen LogP contribution in [0.2, 0.25) is 0 Å². The van der Waals surface area contributed by atoms with Crippen molar-refractivity contribution in [1.29, 1.82) is 0 Å². The summed E-state index contributed by atoms with van der Waals surface area (Å²) in [6.45, 7) is 0. The first-order chi connectivity index (χ1) is 6.42. The molecule has 1 N–H and O–H groups in total. The Morgan fingerprint density at radius 2 is 1.77 bits per heavy atom. The lowest BCUT2D eigenvalue weighted by molar-refractivity contribution is 0.601. The Morgan fingerprint density at radius 3 is 2.62 bits per heavy atom. The van der Waals surface area contributed by atoms with E-state index >= 15 is 0 Å². The molecule has 0 saturated heterocycles. The van der Waals surface area contributed by atoms with Crippen molar-refractivity contribution in [3.63, 3.8) is 0 Å². The van der Waals surface area contributed by atoms with E-state index in [2.05, 4.69) is 5.09 Å². The molecule has 0 atom stereocenters. The van der Waals surface area contributed by atoms with Crippen molar-refractivity contribution >= 4 is 25.1 Å². The van der Waals surface area contributed by atoms with Crippen molar-refractivity contribution in [2.75, 3.05) is 5.09 Å². The summed E-state index contributed by atoms with van der Waals surface area (Å²) in [7, 11) is -0.0660. The van der Waals surface area contributed by atoms with Crippen molar-refractivity contribution in [2.24, 2.45) is 0 Å². The molecule has 13 heavy (non-hydrogen) atoms. The van der Waals surface area contributed by atoms with Gasteiger partial charge in [-0.15, -0.1) is 0 Å². The van der Waals surface area contributed by atoms with Gasteiger partial charge in [-0.25, -0.2) is 4.57 Å². The largest absolute Gasteiger partial charge is 0.304 e. The summed E-state index contributed by atoms with van der Waals surface area (Å²) in [5.74, 6) is 0. The molecular formula is C10H8NOP. The molecule has 64 valence electrons. The third-order valence-electron chi connectivity index (χ3n) is 1.96. The Labute approximate surface area is 77.8 Å². The third-order valence-corrected chi connectivity index (χ3v) is 2.29. The van der Waals surface area contributed by atoms with Crippen molar-refractivity contribution < 1.29 is 4.57 Å². The normalized spacial score (nSPS) is 10.5. The lowest BCUT2D eigenvalue weighted by atomic mass is 10.1. The summed E-state index contributed by atoms with van der Waals surface area (Å²) in [5.41, 5.74) is 0.898. The summed E-state index contributed by atoms with van der Waals surface area (Å²) in [4.78, 5) is 0. The van der Waals surface area contributed by atoms with E-state index < -0.39 is 0 Å². The van der Waals surface area contributed by atoms with Gasteiger partial charge in [0.2, 0.25) is 0 Å². The van der Waals surface area contributed by atoms with Crippen LogP contribution in [0.15, 0.2) is 42.5 Å². The fourth-order valence-electron chi connectivity index (χ4n) is 1.37. The van der Waals surface area contributed by atoms with Crippen LogP contribution in [-0.2, 0) is 4.57 Å². The lowest BCUT2D eigenvalue weighted by Gasteiger charge is -2.02. The van der Waals surface area contributed by atoms with Crippen LogP contribution in [0.1, 0.15) is 0 Å². The molecule has 0 aliphatic rings. The van der Waals surface area contributed by atoms with Crippen LogP contribution in [0.4, 0.5) is 5.69 Å². The smallest absolute Gasteiger partial charge is 0.279 e. The van der Waals surface area contributed by atoms with Crippen molar-refractivity contribution in [1.82, 2.24) is 0 Å². The highest BCUT2D eigenvalue weighted by Crippen LogP contribution is 2.24. The summed E-state index contributed by atoms with van der Waals surface area (Å²) in [6.07, 6.45) is 0. The molecule has 2 aromatic carbocycles. The van der Waals surface area contributed by atoms with Crippen LogP contribution in [0, 0.1) is 0 Å². The predicted molar refractivity (Wildman–Crippen MR) is 55.2 cm³/mol. The van der Waals surface area contributed by atoms with Crippen LogP contribution in [0.5, 0.6) is 0 Å². The minimum absolute atomic E-state index is 0.0660. The molecule has 0 unspecified atom stereocenters. The zero-order valence-electron chi connectivity index (χ0n) is 6.90. The molecule has 0 heterocycles. The summed E-state index contributed by atoms with van der Waals surface area (Å²) in [6, 6.07) is 13.9. The van der Waals surface area contributed by atoms with Gasteiger partial charge in [-0.2, -0.15) is 0 Å². The molecule has 0 aliphatic heterocycles. The van der Waals surface area contributed by atoms with Crippen LogP contribution in [0.25, 0.3) is 10.8 Å². The third kappa shape index (κ3) is 1.53. The molecule has 2 rings (SSSR count). The van der Waals surface area contributed by atoms with Crippen LogP contribution in [0.3, 0.4) is 0 Å². The van der Waals surface area contributed by atoms with E-state index in [1.807, 2.05) is 42.5 Å². The number of hydrogen-bond donors (Lipinski definition) is 1. The Bertz CT molecular complexity index is 436. The maximum atomic E-state index is 10.4. The monoisotopic (exact) mass is 189 g/mol. The van der Waals surface area contributed by atoms with E-state index in [-0.39, 0.29) is 8.61 Å². The number of nitrogens with one attached hydrogen (secondary N) is 1. The predicted octanol–water partition coefficient (Wildman–Crippen LogP) is 3.46. The fourth-order valence-corrected chi connectivity index (χ4v) is 1.67. The number of fused-ring (bicyclic) bond motifs is 1. The molecular weight excluding hydrogens is 181 g/mol. The first-order valence-electron chi connectivity index (χ1n) is 3.98. The molecule has 0 aromatic heterocycles. The average molecular weight is 189 g/mol. The number of rotatable bonds is 2. The summed E-state index contributed by atoms with van der Waals surface area (Å²) >= 11 is 0. The first kappa shape index (κ1) is 8.21.